The van der Waals surface area contributed by atoms with Crippen molar-refractivity contribution < 1.29 is 13.9 Å². The molecule has 0 N–H and O–H groups in total. The second kappa shape index (κ2) is 13.8. The van der Waals surface area contributed by atoms with Gasteiger partial charge in [0.1, 0.15) is 11.3 Å². The van der Waals surface area contributed by atoms with Gasteiger partial charge < -0.3 is 9.15 Å². The Bertz CT molecular complexity index is 963. The number of esters is 1. The van der Waals surface area contributed by atoms with Crippen molar-refractivity contribution in [3.05, 3.63) is 42.1 Å². The summed E-state index contributed by atoms with van der Waals surface area (Å²) in [5, 5.41) is 0. The number of oxazole rings is 1. The van der Waals surface area contributed by atoms with Crippen molar-refractivity contribution in [2.75, 3.05) is 0 Å². The molecule has 3 aromatic rings. The normalized spacial score (nSPS) is 11.2. The number of nitrogens with zero attached hydrogens (tertiary/aromatic N) is 2. The van der Waals surface area contributed by atoms with Crippen LogP contribution in [-0.2, 0) is 4.79 Å². The fourth-order valence-electron chi connectivity index (χ4n) is 4.12. The van der Waals surface area contributed by atoms with Crippen molar-refractivity contribution in [1.29, 1.82) is 0 Å². The number of unbranched alkanes of at least 4 members (excludes halogenated alkanes) is 11. The van der Waals surface area contributed by atoms with E-state index in [1.807, 2.05) is 37.3 Å². The fraction of sp³-hybridized carbons (Fsp3) is 0.536. The molecule has 0 unspecified atom stereocenters. The summed E-state index contributed by atoms with van der Waals surface area (Å²) < 4.78 is 11.6. The number of benzene rings is 1. The standard InChI is InChI=1S/C28H38N2O3/c1-3-4-5-6-7-8-9-10-11-12-13-14-20-25(31)32-26-22(2)17-15-18-23(26)27-30-24-19-16-21-29-28(24)33-27/h15-19,21H,3-14,20H2,1-2H3. The zero-order chi connectivity index (χ0) is 23.3. The second-order valence-corrected chi connectivity index (χ2v) is 8.91. The Hall–Kier alpha value is -2.69. The molecule has 0 atom stereocenters. The second-order valence-electron chi connectivity index (χ2n) is 8.91. The molecule has 0 amide bonds. The highest BCUT2D eigenvalue weighted by molar-refractivity contribution is 5.79. The van der Waals surface area contributed by atoms with Crippen molar-refractivity contribution in [3.8, 4) is 17.2 Å². The molecule has 5 heteroatoms. The maximum Gasteiger partial charge on any atom is 0.311 e. The Kier molecular flexibility index (Phi) is 10.4. The van der Waals surface area contributed by atoms with Gasteiger partial charge in [-0.3, -0.25) is 4.79 Å². The summed E-state index contributed by atoms with van der Waals surface area (Å²) in [5.74, 6) is 0.737. The van der Waals surface area contributed by atoms with E-state index < -0.39 is 0 Å². The quantitative estimate of drug-likeness (QED) is 0.133. The van der Waals surface area contributed by atoms with Gasteiger partial charge in [0.2, 0.25) is 11.6 Å². The number of aromatic nitrogens is 2. The third-order valence-electron chi connectivity index (χ3n) is 6.06. The van der Waals surface area contributed by atoms with Gasteiger partial charge in [-0.2, -0.15) is 0 Å². The van der Waals surface area contributed by atoms with Crippen LogP contribution < -0.4 is 4.74 Å². The molecule has 0 aliphatic carbocycles. The lowest BCUT2D eigenvalue weighted by molar-refractivity contribution is -0.134. The molecule has 178 valence electrons. The molecular weight excluding hydrogens is 412 g/mol. The molecule has 0 radical (unpaired) electrons. The molecule has 3 rings (SSSR count). The maximum atomic E-state index is 12.5. The van der Waals surface area contributed by atoms with Gasteiger partial charge in [0.05, 0.1) is 5.56 Å². The first-order chi connectivity index (χ1) is 16.2. The fourth-order valence-corrected chi connectivity index (χ4v) is 4.12. The van der Waals surface area contributed by atoms with Crippen LogP contribution in [0.4, 0.5) is 0 Å². The molecule has 2 aromatic heterocycles. The van der Waals surface area contributed by atoms with Gasteiger partial charge in [-0.25, -0.2) is 9.97 Å². The lowest BCUT2D eigenvalue weighted by Crippen LogP contribution is -2.09. The number of pyridine rings is 1. The summed E-state index contributed by atoms with van der Waals surface area (Å²) in [6, 6.07) is 9.38. The van der Waals surface area contributed by atoms with Crippen LogP contribution in [0.25, 0.3) is 22.7 Å². The van der Waals surface area contributed by atoms with E-state index in [1.165, 1.54) is 64.2 Å². The smallest absolute Gasteiger partial charge is 0.311 e. The minimum atomic E-state index is -0.202. The molecule has 0 aliphatic heterocycles. The SMILES string of the molecule is CCCCCCCCCCCCCCC(=O)Oc1c(C)cccc1-c1nc2cccnc2o1. The molecule has 0 fully saturated rings. The van der Waals surface area contributed by atoms with E-state index in [0.29, 0.717) is 34.9 Å². The number of aryl methyl sites for hydroxylation is 1. The molecule has 0 aliphatic rings. The highest BCUT2D eigenvalue weighted by atomic mass is 16.5. The Labute approximate surface area is 198 Å². The highest BCUT2D eigenvalue weighted by Crippen LogP contribution is 2.34. The average molecular weight is 451 g/mol. The van der Waals surface area contributed by atoms with Crippen LogP contribution >= 0.6 is 0 Å². The Morgan fingerprint density at radius 3 is 2.21 bits per heavy atom. The first kappa shape index (κ1) is 24.9. The van der Waals surface area contributed by atoms with Gasteiger partial charge in [-0.15, -0.1) is 0 Å². The monoisotopic (exact) mass is 450 g/mol. The van der Waals surface area contributed by atoms with Crippen LogP contribution in [-0.4, -0.2) is 15.9 Å². The predicted octanol–water partition coefficient (Wildman–Crippen LogP) is 8.19. The maximum absolute atomic E-state index is 12.5. The van der Waals surface area contributed by atoms with Gasteiger partial charge in [0.15, 0.2) is 0 Å². The number of carbonyl (C=O) groups excluding carboxylic acids is 1. The summed E-state index contributed by atoms with van der Waals surface area (Å²) in [6.45, 7) is 4.19. The van der Waals surface area contributed by atoms with Gasteiger partial charge in [0.25, 0.3) is 0 Å². The molecule has 33 heavy (non-hydrogen) atoms. The molecule has 5 nitrogen and oxygen atoms in total. The zero-order valence-electron chi connectivity index (χ0n) is 20.3. The van der Waals surface area contributed by atoms with Crippen molar-refractivity contribution in [2.24, 2.45) is 0 Å². The number of ether oxygens (including phenoxy) is 1. The van der Waals surface area contributed by atoms with Crippen molar-refractivity contribution in [3.63, 3.8) is 0 Å². The van der Waals surface area contributed by atoms with E-state index in [4.69, 9.17) is 9.15 Å². The summed E-state index contributed by atoms with van der Waals surface area (Å²) in [7, 11) is 0. The van der Waals surface area contributed by atoms with E-state index in [2.05, 4.69) is 16.9 Å². The van der Waals surface area contributed by atoms with E-state index >= 15 is 0 Å². The summed E-state index contributed by atoms with van der Waals surface area (Å²) >= 11 is 0. The number of rotatable bonds is 15. The Morgan fingerprint density at radius 1 is 0.879 bits per heavy atom. The van der Waals surface area contributed by atoms with Crippen molar-refractivity contribution in [2.45, 2.75) is 97.3 Å². The minimum Gasteiger partial charge on any atom is -0.425 e. The summed E-state index contributed by atoms with van der Waals surface area (Å²) in [6.07, 6.45) is 17.4. The average Bonchev–Trinajstić information content (AvgIpc) is 3.25. The zero-order valence-corrected chi connectivity index (χ0v) is 20.3. The van der Waals surface area contributed by atoms with Gasteiger partial charge >= 0.3 is 5.97 Å². The van der Waals surface area contributed by atoms with E-state index in [9.17, 15) is 4.79 Å². The predicted molar refractivity (Wildman–Crippen MR) is 133 cm³/mol. The van der Waals surface area contributed by atoms with Crippen LogP contribution in [0.2, 0.25) is 0 Å². The summed E-state index contributed by atoms with van der Waals surface area (Å²) in [4.78, 5) is 21.2. The molecule has 1 aromatic carbocycles. The topological polar surface area (TPSA) is 65.2 Å². The lowest BCUT2D eigenvalue weighted by Gasteiger charge is -2.11. The highest BCUT2D eigenvalue weighted by Gasteiger charge is 2.18. The summed E-state index contributed by atoms with van der Waals surface area (Å²) in [5.41, 5.74) is 2.72. The van der Waals surface area contributed by atoms with E-state index in [1.54, 1.807) is 6.20 Å². The van der Waals surface area contributed by atoms with Crippen LogP contribution in [0.5, 0.6) is 5.75 Å². The Morgan fingerprint density at radius 2 is 1.55 bits per heavy atom. The minimum absolute atomic E-state index is 0.202. The molecule has 2 heterocycles. The van der Waals surface area contributed by atoms with Gasteiger partial charge in [-0.05, 0) is 37.1 Å². The molecule has 0 saturated carbocycles. The van der Waals surface area contributed by atoms with Crippen LogP contribution in [0, 0.1) is 6.92 Å². The molecule has 0 saturated heterocycles. The Balaban J connectivity index is 1.39. The molecular formula is C28H38N2O3. The molecule has 0 spiro atoms. The van der Waals surface area contributed by atoms with Gasteiger partial charge in [-0.1, -0.05) is 89.7 Å². The third kappa shape index (κ3) is 7.99. The number of para-hydroxylation sites is 1. The number of hydrogen-bond donors (Lipinski definition) is 0. The largest absolute Gasteiger partial charge is 0.425 e. The van der Waals surface area contributed by atoms with E-state index in [0.717, 1.165) is 18.4 Å². The number of hydrogen-bond acceptors (Lipinski definition) is 5. The van der Waals surface area contributed by atoms with Crippen LogP contribution in [0.15, 0.2) is 40.9 Å². The van der Waals surface area contributed by atoms with Crippen LogP contribution in [0.1, 0.15) is 96.0 Å². The third-order valence-corrected chi connectivity index (χ3v) is 6.06. The van der Waals surface area contributed by atoms with Crippen LogP contribution in [0.3, 0.4) is 0 Å². The van der Waals surface area contributed by atoms with Crippen molar-refractivity contribution in [1.82, 2.24) is 9.97 Å². The molecule has 0 bridgehead atoms. The van der Waals surface area contributed by atoms with Gasteiger partial charge in [0, 0.05) is 12.6 Å². The number of carbonyl (C=O) groups is 1. The lowest BCUT2D eigenvalue weighted by atomic mass is 10.0. The first-order valence-corrected chi connectivity index (χ1v) is 12.7. The van der Waals surface area contributed by atoms with Crippen molar-refractivity contribution >= 4 is 17.2 Å². The first-order valence-electron chi connectivity index (χ1n) is 12.7. The number of fused-ring (bicyclic) bond motifs is 1. The van der Waals surface area contributed by atoms with E-state index in [-0.39, 0.29) is 5.97 Å².